The lowest BCUT2D eigenvalue weighted by atomic mass is 10.1. The summed E-state index contributed by atoms with van der Waals surface area (Å²) < 4.78 is 5.74. The zero-order valence-electron chi connectivity index (χ0n) is 11.1. The van der Waals surface area contributed by atoms with Crippen LogP contribution >= 0.6 is 11.8 Å². The number of nitrogens with zero attached hydrogens (tertiary/aromatic N) is 1. The van der Waals surface area contributed by atoms with Gasteiger partial charge in [-0.25, -0.2) is 4.98 Å². The van der Waals surface area contributed by atoms with Crippen molar-refractivity contribution in [1.82, 2.24) is 10.3 Å². The van der Waals surface area contributed by atoms with Gasteiger partial charge < -0.3 is 9.73 Å². The zero-order valence-corrected chi connectivity index (χ0v) is 12.0. The number of rotatable bonds is 4. The third-order valence-corrected chi connectivity index (χ3v) is 3.65. The summed E-state index contributed by atoms with van der Waals surface area (Å²) >= 11 is 1.32. The summed E-state index contributed by atoms with van der Waals surface area (Å²) in [5, 5.41) is 2.90. The van der Waals surface area contributed by atoms with E-state index in [-0.39, 0.29) is 11.2 Å². The number of nitrogens with one attached hydrogen (secondary N) is 1. The Morgan fingerprint density at radius 1 is 1.37 bits per heavy atom. The molecule has 0 bridgehead atoms. The molecule has 0 saturated carbocycles. The third kappa shape index (κ3) is 3.17. The van der Waals surface area contributed by atoms with Crippen LogP contribution in [0.15, 0.2) is 40.0 Å². The molecule has 1 aromatic heterocycles. The van der Waals surface area contributed by atoms with Crippen LogP contribution in [0.25, 0.3) is 11.3 Å². The number of aromatic nitrogens is 1. The Bertz CT molecular complexity index is 566. The lowest BCUT2D eigenvalue weighted by Gasteiger charge is -2.05. The average molecular weight is 276 g/mol. The van der Waals surface area contributed by atoms with Crippen molar-refractivity contribution in [3.8, 4) is 11.3 Å². The van der Waals surface area contributed by atoms with Crippen LogP contribution < -0.4 is 5.32 Å². The first-order valence-corrected chi connectivity index (χ1v) is 6.91. The molecule has 0 aliphatic carbocycles. The zero-order chi connectivity index (χ0) is 13.8. The molecule has 4 nitrogen and oxygen atoms in total. The number of thioether (sulfide) groups is 1. The standard InChI is InChI=1S/C14H16N2O2S/c1-9-12(11-7-5-4-6-8-11)18-14(16-9)19-10(2)13(17)15-3/h4-8,10H,1-3H3,(H,15,17). The topological polar surface area (TPSA) is 55.1 Å². The Labute approximate surface area is 116 Å². The van der Waals surface area contributed by atoms with Gasteiger partial charge in [-0.2, -0.15) is 0 Å². The lowest BCUT2D eigenvalue weighted by Crippen LogP contribution is -2.27. The predicted molar refractivity (Wildman–Crippen MR) is 76.1 cm³/mol. The third-order valence-electron chi connectivity index (χ3n) is 2.71. The van der Waals surface area contributed by atoms with E-state index in [9.17, 15) is 4.79 Å². The van der Waals surface area contributed by atoms with Crippen molar-refractivity contribution >= 4 is 17.7 Å². The van der Waals surface area contributed by atoms with Crippen molar-refractivity contribution in [3.05, 3.63) is 36.0 Å². The maximum absolute atomic E-state index is 11.5. The molecule has 0 aliphatic heterocycles. The SMILES string of the molecule is CNC(=O)C(C)Sc1nc(C)c(-c2ccccc2)o1. The van der Waals surface area contributed by atoms with E-state index in [1.165, 1.54) is 11.8 Å². The molecular formula is C14H16N2O2S. The number of carbonyl (C=O) groups is 1. The second-order valence-corrected chi connectivity index (χ2v) is 5.43. The van der Waals surface area contributed by atoms with Crippen LogP contribution in [0.3, 0.4) is 0 Å². The molecule has 1 N–H and O–H groups in total. The number of amides is 1. The molecule has 0 fully saturated rings. The van der Waals surface area contributed by atoms with E-state index < -0.39 is 0 Å². The van der Waals surface area contributed by atoms with Crippen LogP contribution in [0.1, 0.15) is 12.6 Å². The van der Waals surface area contributed by atoms with Gasteiger partial charge in [-0.05, 0) is 13.8 Å². The summed E-state index contributed by atoms with van der Waals surface area (Å²) in [6.07, 6.45) is 0. The van der Waals surface area contributed by atoms with Crippen LogP contribution in [-0.4, -0.2) is 23.2 Å². The Balaban J connectivity index is 2.20. The molecule has 19 heavy (non-hydrogen) atoms. The van der Waals surface area contributed by atoms with Crippen molar-refractivity contribution in [2.75, 3.05) is 7.05 Å². The lowest BCUT2D eigenvalue weighted by molar-refractivity contribution is -0.119. The number of hydrogen-bond donors (Lipinski definition) is 1. The monoisotopic (exact) mass is 276 g/mol. The van der Waals surface area contributed by atoms with Crippen molar-refractivity contribution < 1.29 is 9.21 Å². The van der Waals surface area contributed by atoms with E-state index in [0.29, 0.717) is 5.22 Å². The number of carbonyl (C=O) groups excluding carboxylic acids is 1. The highest BCUT2D eigenvalue weighted by Crippen LogP contribution is 2.30. The molecule has 2 rings (SSSR count). The summed E-state index contributed by atoms with van der Waals surface area (Å²) in [6, 6.07) is 9.82. The van der Waals surface area contributed by atoms with E-state index in [1.54, 1.807) is 7.05 Å². The van der Waals surface area contributed by atoms with Gasteiger partial charge in [-0.15, -0.1) is 0 Å². The quantitative estimate of drug-likeness (QED) is 0.872. The second-order valence-electron chi connectivity index (χ2n) is 4.13. The predicted octanol–water partition coefficient (Wildman–Crippen LogP) is 2.88. The van der Waals surface area contributed by atoms with Crippen LogP contribution in [0.4, 0.5) is 0 Å². The first kappa shape index (κ1) is 13.7. The molecule has 1 aromatic carbocycles. The Morgan fingerprint density at radius 2 is 2.05 bits per heavy atom. The van der Waals surface area contributed by atoms with Gasteiger partial charge in [0.2, 0.25) is 5.91 Å². The van der Waals surface area contributed by atoms with E-state index in [4.69, 9.17) is 4.42 Å². The minimum atomic E-state index is -0.230. The van der Waals surface area contributed by atoms with Gasteiger partial charge >= 0.3 is 0 Å². The van der Waals surface area contributed by atoms with Crippen molar-refractivity contribution in [2.24, 2.45) is 0 Å². The van der Waals surface area contributed by atoms with E-state index in [2.05, 4.69) is 10.3 Å². The van der Waals surface area contributed by atoms with Gasteiger partial charge in [0.1, 0.15) is 0 Å². The maximum atomic E-state index is 11.5. The normalized spacial score (nSPS) is 12.2. The Hall–Kier alpha value is -1.75. The van der Waals surface area contributed by atoms with E-state index in [1.807, 2.05) is 44.2 Å². The molecular weight excluding hydrogens is 260 g/mol. The molecule has 1 amide bonds. The summed E-state index contributed by atoms with van der Waals surface area (Å²) in [5.41, 5.74) is 1.82. The summed E-state index contributed by atoms with van der Waals surface area (Å²) in [4.78, 5) is 15.8. The molecule has 1 unspecified atom stereocenters. The van der Waals surface area contributed by atoms with Crippen molar-refractivity contribution in [3.63, 3.8) is 0 Å². The highest BCUT2D eigenvalue weighted by Gasteiger charge is 2.18. The van der Waals surface area contributed by atoms with Gasteiger partial charge in [-0.1, -0.05) is 42.1 Å². The first-order valence-electron chi connectivity index (χ1n) is 6.03. The van der Waals surface area contributed by atoms with Gasteiger partial charge in [0.15, 0.2) is 5.76 Å². The molecule has 1 atom stereocenters. The Kier molecular flexibility index (Phi) is 4.27. The fourth-order valence-electron chi connectivity index (χ4n) is 1.69. The molecule has 0 aliphatic rings. The molecule has 100 valence electrons. The molecule has 0 spiro atoms. The maximum Gasteiger partial charge on any atom is 0.257 e. The second kappa shape index (κ2) is 5.93. The number of oxazole rings is 1. The fourth-order valence-corrected chi connectivity index (χ4v) is 2.54. The first-order chi connectivity index (χ1) is 9.11. The van der Waals surface area contributed by atoms with E-state index >= 15 is 0 Å². The number of benzene rings is 1. The summed E-state index contributed by atoms with van der Waals surface area (Å²) in [7, 11) is 1.62. The molecule has 5 heteroatoms. The average Bonchev–Trinajstić information content (AvgIpc) is 2.79. The van der Waals surface area contributed by atoms with Crippen LogP contribution in [0, 0.1) is 6.92 Å². The van der Waals surface area contributed by atoms with Crippen LogP contribution in [0.5, 0.6) is 0 Å². The molecule has 0 saturated heterocycles. The fraction of sp³-hybridized carbons (Fsp3) is 0.286. The highest BCUT2D eigenvalue weighted by atomic mass is 32.2. The van der Waals surface area contributed by atoms with Gasteiger partial charge in [-0.3, -0.25) is 4.79 Å². The molecule has 1 heterocycles. The van der Waals surface area contributed by atoms with Crippen molar-refractivity contribution in [1.29, 1.82) is 0 Å². The summed E-state index contributed by atoms with van der Waals surface area (Å²) in [5.74, 6) is 0.717. The number of hydrogen-bond acceptors (Lipinski definition) is 4. The Morgan fingerprint density at radius 3 is 2.68 bits per heavy atom. The molecule has 2 aromatic rings. The smallest absolute Gasteiger partial charge is 0.257 e. The largest absolute Gasteiger partial charge is 0.431 e. The van der Waals surface area contributed by atoms with E-state index in [0.717, 1.165) is 17.0 Å². The highest BCUT2D eigenvalue weighted by molar-refractivity contribution is 8.00. The van der Waals surface area contributed by atoms with Gasteiger partial charge in [0.25, 0.3) is 5.22 Å². The van der Waals surface area contributed by atoms with Gasteiger partial charge in [0, 0.05) is 12.6 Å². The van der Waals surface area contributed by atoms with Crippen LogP contribution in [0.2, 0.25) is 0 Å². The minimum absolute atomic E-state index is 0.0397. The number of aryl methyl sites for hydroxylation is 1. The molecule has 0 radical (unpaired) electrons. The minimum Gasteiger partial charge on any atom is -0.431 e. The summed E-state index contributed by atoms with van der Waals surface area (Å²) in [6.45, 7) is 3.73. The van der Waals surface area contributed by atoms with Crippen LogP contribution in [-0.2, 0) is 4.79 Å². The van der Waals surface area contributed by atoms with Crippen molar-refractivity contribution in [2.45, 2.75) is 24.3 Å². The van der Waals surface area contributed by atoms with Gasteiger partial charge in [0.05, 0.1) is 10.9 Å².